The molecule has 0 amide bonds. The lowest BCUT2D eigenvalue weighted by molar-refractivity contribution is 0.350. The standard InChI is InChI=1S/C15H14N2O3S/c1-17(14-5-2-10-16-12-14)21(19,20)15-8-6-13(7-9-15)4-3-11-18/h2,5-10,12,18H,11H2,1H3. The molecule has 1 aromatic heterocycles. The molecule has 0 fully saturated rings. The fourth-order valence-electron chi connectivity index (χ4n) is 1.69. The molecule has 0 saturated heterocycles. The minimum atomic E-state index is -3.63. The van der Waals surface area contributed by atoms with Crippen LogP contribution in [0.3, 0.4) is 0 Å². The van der Waals surface area contributed by atoms with Gasteiger partial charge < -0.3 is 5.11 Å². The molecule has 0 spiro atoms. The SMILES string of the molecule is CN(c1cccnc1)S(=O)(=O)c1ccc(C#CCO)cc1. The molecule has 1 N–H and O–H groups in total. The van der Waals surface area contributed by atoms with Gasteiger partial charge in [-0.2, -0.15) is 0 Å². The molecule has 0 aliphatic heterocycles. The molecule has 2 rings (SSSR count). The van der Waals surface area contributed by atoms with E-state index in [0.717, 1.165) is 0 Å². The van der Waals surface area contributed by atoms with Gasteiger partial charge in [-0.25, -0.2) is 8.42 Å². The van der Waals surface area contributed by atoms with Crippen molar-refractivity contribution in [3.63, 3.8) is 0 Å². The van der Waals surface area contributed by atoms with Crippen LogP contribution in [0.2, 0.25) is 0 Å². The first-order chi connectivity index (χ1) is 10.1. The first-order valence-corrected chi connectivity index (χ1v) is 7.58. The minimum absolute atomic E-state index is 0.170. The Morgan fingerprint density at radius 2 is 1.95 bits per heavy atom. The maximum absolute atomic E-state index is 12.5. The summed E-state index contributed by atoms with van der Waals surface area (Å²) < 4.78 is 26.1. The highest BCUT2D eigenvalue weighted by molar-refractivity contribution is 7.92. The Morgan fingerprint density at radius 1 is 1.24 bits per heavy atom. The fraction of sp³-hybridized carbons (Fsp3) is 0.133. The van der Waals surface area contributed by atoms with Crippen molar-refractivity contribution >= 4 is 15.7 Å². The smallest absolute Gasteiger partial charge is 0.264 e. The molecule has 0 aliphatic rings. The van der Waals surface area contributed by atoms with Crippen molar-refractivity contribution < 1.29 is 13.5 Å². The van der Waals surface area contributed by atoms with Crippen molar-refractivity contribution in [3.05, 3.63) is 54.4 Å². The molecular weight excluding hydrogens is 288 g/mol. The Bertz CT molecular complexity index is 760. The van der Waals surface area contributed by atoms with Crippen molar-refractivity contribution in [2.24, 2.45) is 0 Å². The van der Waals surface area contributed by atoms with Crippen LogP contribution in [-0.4, -0.2) is 32.2 Å². The van der Waals surface area contributed by atoms with Crippen molar-refractivity contribution in [1.29, 1.82) is 0 Å². The predicted octanol–water partition coefficient (Wildman–Crippen LogP) is 1.25. The van der Waals surface area contributed by atoms with E-state index in [-0.39, 0.29) is 11.5 Å². The molecule has 6 heteroatoms. The Kier molecular flexibility index (Phi) is 4.58. The number of aromatic nitrogens is 1. The number of pyridine rings is 1. The Morgan fingerprint density at radius 3 is 2.52 bits per heavy atom. The predicted molar refractivity (Wildman–Crippen MR) is 80.2 cm³/mol. The molecule has 0 radical (unpaired) electrons. The van der Waals surface area contributed by atoms with Gasteiger partial charge in [0, 0.05) is 18.8 Å². The molecule has 5 nitrogen and oxygen atoms in total. The first kappa shape index (κ1) is 15.0. The monoisotopic (exact) mass is 302 g/mol. The number of aliphatic hydroxyl groups excluding tert-OH is 1. The maximum Gasteiger partial charge on any atom is 0.264 e. The van der Waals surface area contributed by atoms with E-state index >= 15 is 0 Å². The van der Waals surface area contributed by atoms with Gasteiger partial charge in [-0.3, -0.25) is 9.29 Å². The topological polar surface area (TPSA) is 70.5 Å². The van der Waals surface area contributed by atoms with E-state index in [0.29, 0.717) is 11.3 Å². The molecule has 0 bridgehead atoms. The van der Waals surface area contributed by atoms with Gasteiger partial charge in [-0.1, -0.05) is 11.8 Å². The summed E-state index contributed by atoms with van der Waals surface area (Å²) in [5.74, 6) is 5.22. The summed E-state index contributed by atoms with van der Waals surface area (Å²) in [6.07, 6.45) is 3.07. The maximum atomic E-state index is 12.5. The van der Waals surface area contributed by atoms with Crippen LogP contribution < -0.4 is 4.31 Å². The first-order valence-electron chi connectivity index (χ1n) is 6.14. The molecular formula is C15H14N2O3S. The quantitative estimate of drug-likeness (QED) is 0.866. The van der Waals surface area contributed by atoms with Crippen LogP contribution in [0.5, 0.6) is 0 Å². The van der Waals surface area contributed by atoms with Gasteiger partial charge >= 0.3 is 0 Å². The van der Waals surface area contributed by atoms with Crippen LogP contribution >= 0.6 is 0 Å². The number of sulfonamides is 1. The van der Waals surface area contributed by atoms with Crippen LogP contribution in [0.1, 0.15) is 5.56 Å². The molecule has 2 aromatic rings. The summed E-state index contributed by atoms with van der Waals surface area (Å²) in [7, 11) is -2.16. The summed E-state index contributed by atoms with van der Waals surface area (Å²) in [6.45, 7) is -0.232. The Hall–Kier alpha value is -2.36. The van der Waals surface area contributed by atoms with Gasteiger partial charge in [0.2, 0.25) is 0 Å². The molecule has 1 aromatic carbocycles. The van der Waals surface area contributed by atoms with Crippen molar-refractivity contribution in [3.8, 4) is 11.8 Å². The average molecular weight is 302 g/mol. The van der Waals surface area contributed by atoms with Gasteiger partial charge in [0.05, 0.1) is 16.8 Å². The second kappa shape index (κ2) is 6.39. The van der Waals surface area contributed by atoms with Gasteiger partial charge in [0.15, 0.2) is 0 Å². The fourth-order valence-corrected chi connectivity index (χ4v) is 2.87. The van der Waals surface area contributed by atoms with Gasteiger partial charge in [-0.05, 0) is 36.4 Å². The lowest BCUT2D eigenvalue weighted by Crippen LogP contribution is -2.26. The third-order valence-electron chi connectivity index (χ3n) is 2.83. The number of rotatable bonds is 3. The highest BCUT2D eigenvalue weighted by Gasteiger charge is 2.21. The van der Waals surface area contributed by atoms with Crippen molar-refractivity contribution in [1.82, 2.24) is 4.98 Å². The van der Waals surface area contributed by atoms with Crippen LogP contribution in [0.25, 0.3) is 0 Å². The van der Waals surface area contributed by atoms with Crippen molar-refractivity contribution in [2.75, 3.05) is 18.0 Å². The van der Waals surface area contributed by atoms with E-state index in [1.807, 2.05) is 0 Å². The van der Waals surface area contributed by atoms with Crippen LogP contribution in [0, 0.1) is 11.8 Å². The summed E-state index contributed by atoms with van der Waals surface area (Å²) in [5.41, 5.74) is 1.13. The highest BCUT2D eigenvalue weighted by atomic mass is 32.2. The second-order valence-corrected chi connectivity index (χ2v) is 6.14. The number of hydrogen-bond acceptors (Lipinski definition) is 4. The zero-order valence-electron chi connectivity index (χ0n) is 11.4. The number of hydrogen-bond donors (Lipinski definition) is 1. The molecule has 0 atom stereocenters. The van der Waals surface area contributed by atoms with E-state index < -0.39 is 10.0 Å². The summed E-state index contributed by atoms with van der Waals surface area (Å²) in [5, 5.41) is 8.63. The number of aliphatic hydroxyl groups is 1. The number of anilines is 1. The van der Waals surface area contributed by atoms with Crippen LogP contribution in [0.4, 0.5) is 5.69 Å². The lowest BCUT2D eigenvalue weighted by atomic mass is 10.2. The van der Waals surface area contributed by atoms with E-state index in [1.54, 1.807) is 30.5 Å². The van der Waals surface area contributed by atoms with E-state index in [9.17, 15) is 8.42 Å². The molecule has 1 heterocycles. The van der Waals surface area contributed by atoms with Crippen LogP contribution in [0.15, 0.2) is 53.7 Å². The van der Waals surface area contributed by atoms with Gasteiger partial charge in [0.25, 0.3) is 10.0 Å². The Labute approximate surface area is 123 Å². The Balaban J connectivity index is 2.31. The molecule has 0 aliphatic carbocycles. The van der Waals surface area contributed by atoms with Gasteiger partial charge in [0.1, 0.15) is 6.61 Å². The lowest BCUT2D eigenvalue weighted by Gasteiger charge is -2.18. The molecule has 0 unspecified atom stereocenters. The highest BCUT2D eigenvalue weighted by Crippen LogP contribution is 2.21. The zero-order chi connectivity index (χ0) is 15.3. The average Bonchev–Trinajstić information content (AvgIpc) is 2.53. The summed E-state index contributed by atoms with van der Waals surface area (Å²) in [6, 6.07) is 9.53. The number of nitrogens with zero attached hydrogens (tertiary/aromatic N) is 2. The summed E-state index contributed by atoms with van der Waals surface area (Å²) in [4.78, 5) is 4.08. The minimum Gasteiger partial charge on any atom is -0.384 e. The van der Waals surface area contributed by atoms with Crippen molar-refractivity contribution in [2.45, 2.75) is 4.90 Å². The summed E-state index contributed by atoms with van der Waals surface area (Å²) >= 11 is 0. The molecule has 108 valence electrons. The van der Waals surface area contributed by atoms with E-state index in [4.69, 9.17) is 5.11 Å². The zero-order valence-corrected chi connectivity index (χ0v) is 12.2. The van der Waals surface area contributed by atoms with Crippen LogP contribution in [-0.2, 0) is 10.0 Å². The normalized spacial score (nSPS) is 10.6. The number of benzene rings is 1. The van der Waals surface area contributed by atoms with Gasteiger partial charge in [-0.15, -0.1) is 0 Å². The van der Waals surface area contributed by atoms with E-state index in [2.05, 4.69) is 16.8 Å². The molecule has 21 heavy (non-hydrogen) atoms. The third kappa shape index (κ3) is 3.40. The third-order valence-corrected chi connectivity index (χ3v) is 4.63. The molecule has 0 saturated carbocycles. The second-order valence-electron chi connectivity index (χ2n) is 4.17. The largest absolute Gasteiger partial charge is 0.384 e. The van der Waals surface area contributed by atoms with E-state index in [1.165, 1.54) is 29.7 Å².